The number of methoxy groups -OCH3 is 1. The molecule has 94 valence electrons. The van der Waals surface area contributed by atoms with Crippen molar-refractivity contribution in [1.29, 1.82) is 0 Å². The lowest BCUT2D eigenvalue weighted by molar-refractivity contribution is -0.117. The number of aryl methyl sites for hydroxylation is 1. The van der Waals surface area contributed by atoms with E-state index in [1.807, 2.05) is 13.0 Å². The van der Waals surface area contributed by atoms with Crippen LogP contribution >= 0.6 is 11.6 Å². The predicted molar refractivity (Wildman–Crippen MR) is 70.1 cm³/mol. The van der Waals surface area contributed by atoms with E-state index in [-0.39, 0.29) is 12.5 Å². The summed E-state index contributed by atoms with van der Waals surface area (Å²) < 4.78 is 5.26. The fourth-order valence-corrected chi connectivity index (χ4v) is 1.63. The van der Waals surface area contributed by atoms with Crippen molar-refractivity contribution in [2.24, 2.45) is 0 Å². The number of nitrogens with zero attached hydrogens (tertiary/aromatic N) is 1. The van der Waals surface area contributed by atoms with Crippen molar-refractivity contribution in [2.45, 2.75) is 6.92 Å². The van der Waals surface area contributed by atoms with Crippen LogP contribution in [0.4, 0.5) is 5.69 Å². The Morgan fingerprint density at radius 1 is 1.53 bits per heavy atom. The highest BCUT2D eigenvalue weighted by molar-refractivity contribution is 6.31. The molecule has 0 aromatic heterocycles. The van der Waals surface area contributed by atoms with Gasteiger partial charge in [-0.2, -0.15) is 0 Å². The van der Waals surface area contributed by atoms with Gasteiger partial charge in [-0.25, -0.2) is 0 Å². The van der Waals surface area contributed by atoms with Gasteiger partial charge in [-0.05, 0) is 31.7 Å². The number of nitrogens with one attached hydrogen (secondary N) is 1. The molecule has 17 heavy (non-hydrogen) atoms. The van der Waals surface area contributed by atoms with Crippen LogP contribution in [0.5, 0.6) is 5.75 Å². The molecular formula is C12H17ClN2O2. The van der Waals surface area contributed by atoms with Gasteiger partial charge >= 0.3 is 0 Å². The molecule has 1 aromatic carbocycles. The Morgan fingerprint density at radius 3 is 2.71 bits per heavy atom. The molecule has 0 saturated heterocycles. The highest BCUT2D eigenvalue weighted by Crippen LogP contribution is 2.33. The summed E-state index contributed by atoms with van der Waals surface area (Å²) in [5.74, 6) is 0.588. The van der Waals surface area contributed by atoms with Gasteiger partial charge in [0, 0.05) is 12.1 Å². The molecule has 5 heteroatoms. The van der Waals surface area contributed by atoms with Crippen LogP contribution in [-0.2, 0) is 4.79 Å². The highest BCUT2D eigenvalue weighted by Gasteiger charge is 2.16. The molecule has 4 nitrogen and oxygen atoms in total. The zero-order chi connectivity index (χ0) is 13.0. The normalized spacial score (nSPS) is 10.2. The summed E-state index contributed by atoms with van der Waals surface area (Å²) in [6.45, 7) is 2.16. The van der Waals surface area contributed by atoms with E-state index in [4.69, 9.17) is 16.3 Å². The van der Waals surface area contributed by atoms with Crippen molar-refractivity contribution < 1.29 is 9.53 Å². The van der Waals surface area contributed by atoms with Gasteiger partial charge in [0.15, 0.2) is 0 Å². The Bertz CT molecular complexity index is 421. The van der Waals surface area contributed by atoms with Crippen molar-refractivity contribution in [1.82, 2.24) is 5.32 Å². The lowest BCUT2D eigenvalue weighted by Crippen LogP contribution is -2.34. The quantitative estimate of drug-likeness (QED) is 0.894. The van der Waals surface area contributed by atoms with E-state index in [0.717, 1.165) is 5.56 Å². The standard InChI is InChI=1S/C12H17ClN2O2/c1-8-5-11(17-4)10(6-9(8)13)15(3)12(16)7-14-2/h5-6,14H,7H2,1-4H3. The molecule has 0 spiro atoms. The first-order valence-corrected chi connectivity index (χ1v) is 5.64. The zero-order valence-electron chi connectivity index (χ0n) is 10.5. The largest absolute Gasteiger partial charge is 0.495 e. The van der Waals surface area contributed by atoms with Gasteiger partial charge in [0.05, 0.1) is 19.3 Å². The molecule has 0 saturated carbocycles. The number of likely N-dealkylation sites (N-methyl/N-ethyl adjacent to an activating group) is 2. The van der Waals surface area contributed by atoms with Gasteiger partial charge in [0.2, 0.25) is 5.91 Å². The van der Waals surface area contributed by atoms with E-state index >= 15 is 0 Å². The van der Waals surface area contributed by atoms with Gasteiger partial charge < -0.3 is 15.0 Å². The van der Waals surface area contributed by atoms with Crippen LogP contribution in [0, 0.1) is 6.92 Å². The number of carbonyl (C=O) groups is 1. The second-order valence-corrected chi connectivity index (χ2v) is 4.16. The Morgan fingerprint density at radius 2 is 2.18 bits per heavy atom. The first-order chi connectivity index (χ1) is 8.01. The number of ether oxygens (including phenoxy) is 1. The number of halogens is 1. The Hall–Kier alpha value is -1.26. The number of hydrogen-bond acceptors (Lipinski definition) is 3. The SMILES string of the molecule is CNCC(=O)N(C)c1cc(Cl)c(C)cc1OC. The van der Waals surface area contributed by atoms with E-state index in [0.29, 0.717) is 16.5 Å². The van der Waals surface area contributed by atoms with Crippen LogP contribution < -0.4 is 15.0 Å². The summed E-state index contributed by atoms with van der Waals surface area (Å²) in [4.78, 5) is 13.3. The minimum atomic E-state index is -0.0503. The first kappa shape index (κ1) is 13.8. The topological polar surface area (TPSA) is 41.6 Å². The number of amides is 1. The second-order valence-electron chi connectivity index (χ2n) is 3.76. The predicted octanol–water partition coefficient (Wildman–Crippen LogP) is 1.84. The van der Waals surface area contributed by atoms with E-state index in [9.17, 15) is 4.79 Å². The molecule has 0 heterocycles. The molecule has 1 amide bonds. The van der Waals surface area contributed by atoms with Gasteiger partial charge in [0.25, 0.3) is 0 Å². The Kier molecular flexibility index (Phi) is 4.78. The summed E-state index contributed by atoms with van der Waals surface area (Å²) in [6.07, 6.45) is 0. The zero-order valence-corrected chi connectivity index (χ0v) is 11.3. The minimum absolute atomic E-state index is 0.0503. The molecule has 1 N–H and O–H groups in total. The van der Waals surface area contributed by atoms with Crippen molar-refractivity contribution in [2.75, 3.05) is 32.6 Å². The summed E-state index contributed by atoms with van der Waals surface area (Å²) in [5, 5.41) is 3.43. The molecule has 0 aliphatic carbocycles. The molecule has 0 fully saturated rings. The Balaban J connectivity index is 3.11. The second kappa shape index (κ2) is 5.89. The average Bonchev–Trinajstić information content (AvgIpc) is 2.31. The molecule has 0 radical (unpaired) electrons. The molecule has 0 aliphatic rings. The van der Waals surface area contributed by atoms with E-state index in [1.165, 1.54) is 4.90 Å². The molecule has 0 aliphatic heterocycles. The third kappa shape index (κ3) is 3.11. The van der Waals surface area contributed by atoms with Crippen molar-refractivity contribution in [3.8, 4) is 5.75 Å². The van der Waals surface area contributed by atoms with Gasteiger partial charge in [-0.3, -0.25) is 4.79 Å². The van der Waals surface area contributed by atoms with Gasteiger partial charge in [-0.1, -0.05) is 11.6 Å². The number of hydrogen-bond donors (Lipinski definition) is 1. The van der Waals surface area contributed by atoms with Crippen LogP contribution in [-0.4, -0.2) is 33.7 Å². The lowest BCUT2D eigenvalue weighted by atomic mass is 10.2. The summed E-state index contributed by atoms with van der Waals surface area (Å²) >= 11 is 6.06. The Labute approximate surface area is 107 Å². The third-order valence-corrected chi connectivity index (χ3v) is 2.93. The van der Waals surface area contributed by atoms with Crippen LogP contribution in [0.15, 0.2) is 12.1 Å². The van der Waals surface area contributed by atoms with Crippen LogP contribution in [0.3, 0.4) is 0 Å². The van der Waals surface area contributed by atoms with Crippen LogP contribution in [0.1, 0.15) is 5.56 Å². The van der Waals surface area contributed by atoms with E-state index < -0.39 is 0 Å². The summed E-state index contributed by atoms with van der Waals surface area (Å²) in [6, 6.07) is 3.56. The maximum absolute atomic E-state index is 11.8. The van der Waals surface area contributed by atoms with Crippen LogP contribution in [0.2, 0.25) is 5.02 Å². The number of rotatable bonds is 4. The van der Waals surface area contributed by atoms with Crippen molar-refractivity contribution in [3.63, 3.8) is 0 Å². The molecule has 1 rings (SSSR count). The smallest absolute Gasteiger partial charge is 0.240 e. The number of carbonyl (C=O) groups excluding carboxylic acids is 1. The maximum atomic E-state index is 11.8. The molecule has 1 aromatic rings. The van der Waals surface area contributed by atoms with Gasteiger partial charge in [0.1, 0.15) is 5.75 Å². The molecule has 0 unspecified atom stereocenters. The fraction of sp³-hybridized carbons (Fsp3) is 0.417. The van der Waals surface area contributed by atoms with Gasteiger partial charge in [-0.15, -0.1) is 0 Å². The summed E-state index contributed by atoms with van der Waals surface area (Å²) in [7, 11) is 5.00. The molecule has 0 bridgehead atoms. The molecule has 0 atom stereocenters. The minimum Gasteiger partial charge on any atom is -0.495 e. The number of anilines is 1. The lowest BCUT2D eigenvalue weighted by Gasteiger charge is -2.20. The fourth-order valence-electron chi connectivity index (χ4n) is 1.47. The summed E-state index contributed by atoms with van der Waals surface area (Å²) in [5.41, 5.74) is 1.59. The van der Waals surface area contributed by atoms with Crippen molar-refractivity contribution >= 4 is 23.2 Å². The van der Waals surface area contributed by atoms with E-state index in [1.54, 1.807) is 27.3 Å². The number of benzene rings is 1. The van der Waals surface area contributed by atoms with Crippen LogP contribution in [0.25, 0.3) is 0 Å². The maximum Gasteiger partial charge on any atom is 0.240 e. The van der Waals surface area contributed by atoms with E-state index in [2.05, 4.69) is 5.32 Å². The van der Waals surface area contributed by atoms with Crippen molar-refractivity contribution in [3.05, 3.63) is 22.7 Å². The monoisotopic (exact) mass is 256 g/mol. The molecular weight excluding hydrogens is 240 g/mol. The third-order valence-electron chi connectivity index (χ3n) is 2.52. The highest BCUT2D eigenvalue weighted by atomic mass is 35.5. The average molecular weight is 257 g/mol. The first-order valence-electron chi connectivity index (χ1n) is 5.26.